The fraction of sp³-hybridized carbons (Fsp3) is 0.869. The van der Waals surface area contributed by atoms with Crippen molar-refractivity contribution in [3.05, 3.63) is 36.5 Å². The van der Waals surface area contributed by atoms with Crippen molar-refractivity contribution in [3.63, 3.8) is 0 Å². The SMILES string of the molecule is CC/C=C\C/C=C\C/C=C\CCCCCCCCCC(=O)OC(COC(=O)CCCCCCCCCCCCCCCCCCCCCCCCCCCCCCCC)COP(=O)([O-])OCC[N+](C)(C)C. The maximum atomic E-state index is 12.8. The van der Waals surface area contributed by atoms with Crippen LogP contribution < -0.4 is 4.89 Å². The Labute approximate surface area is 440 Å². The van der Waals surface area contributed by atoms with Crippen molar-refractivity contribution in [1.82, 2.24) is 0 Å². The van der Waals surface area contributed by atoms with Gasteiger partial charge in [0, 0.05) is 12.8 Å². The van der Waals surface area contributed by atoms with E-state index in [0.717, 1.165) is 64.2 Å². The fourth-order valence-electron chi connectivity index (χ4n) is 8.79. The summed E-state index contributed by atoms with van der Waals surface area (Å²) in [6.45, 7) is 4.16. The van der Waals surface area contributed by atoms with E-state index in [4.69, 9.17) is 18.5 Å². The van der Waals surface area contributed by atoms with Crippen LogP contribution in [-0.4, -0.2) is 70.0 Å². The van der Waals surface area contributed by atoms with Gasteiger partial charge in [-0.05, 0) is 44.9 Å². The molecule has 0 saturated heterocycles. The topological polar surface area (TPSA) is 111 Å². The lowest BCUT2D eigenvalue weighted by molar-refractivity contribution is -0.870. The molecule has 0 saturated carbocycles. The van der Waals surface area contributed by atoms with Crippen molar-refractivity contribution in [2.75, 3.05) is 47.5 Å². The minimum Gasteiger partial charge on any atom is -0.756 e. The molecule has 0 bridgehead atoms. The molecule has 9 nitrogen and oxygen atoms in total. The van der Waals surface area contributed by atoms with Crippen LogP contribution in [0.15, 0.2) is 36.5 Å². The van der Waals surface area contributed by atoms with Crippen LogP contribution in [0.25, 0.3) is 0 Å². The van der Waals surface area contributed by atoms with Crippen LogP contribution in [0, 0.1) is 0 Å². The Kier molecular flexibility index (Phi) is 51.7. The number of esters is 2. The van der Waals surface area contributed by atoms with Gasteiger partial charge in [0.1, 0.15) is 19.8 Å². The van der Waals surface area contributed by atoms with E-state index in [1.165, 1.54) is 193 Å². The van der Waals surface area contributed by atoms with Gasteiger partial charge in [-0.15, -0.1) is 0 Å². The highest BCUT2D eigenvalue weighted by Gasteiger charge is 2.22. The smallest absolute Gasteiger partial charge is 0.306 e. The molecule has 418 valence electrons. The molecule has 2 unspecified atom stereocenters. The molecule has 0 aliphatic rings. The van der Waals surface area contributed by atoms with Crippen molar-refractivity contribution >= 4 is 19.8 Å². The third kappa shape index (κ3) is 57.4. The lowest BCUT2D eigenvalue weighted by Crippen LogP contribution is -2.37. The first kappa shape index (κ1) is 69.2. The molecule has 0 heterocycles. The number of carbonyl (C=O) groups excluding carboxylic acids is 2. The van der Waals surface area contributed by atoms with Crippen molar-refractivity contribution in [3.8, 4) is 0 Å². The molecule has 0 aliphatic heterocycles. The van der Waals surface area contributed by atoms with Gasteiger partial charge in [0.25, 0.3) is 7.82 Å². The molecular weight excluding hydrogens is 906 g/mol. The summed E-state index contributed by atoms with van der Waals surface area (Å²) in [5.41, 5.74) is 0. The lowest BCUT2D eigenvalue weighted by Gasteiger charge is -2.28. The maximum Gasteiger partial charge on any atom is 0.306 e. The van der Waals surface area contributed by atoms with Crippen LogP contribution in [0.4, 0.5) is 0 Å². The number of hydrogen-bond acceptors (Lipinski definition) is 8. The van der Waals surface area contributed by atoms with Crippen molar-refractivity contribution in [2.24, 2.45) is 0 Å². The highest BCUT2D eigenvalue weighted by Crippen LogP contribution is 2.38. The second-order valence-corrected chi connectivity index (χ2v) is 23.1. The first-order valence-corrected chi connectivity index (χ1v) is 31.7. The quantitative estimate of drug-likeness (QED) is 0.0195. The average Bonchev–Trinajstić information content (AvgIpc) is 3.33. The van der Waals surface area contributed by atoms with E-state index in [2.05, 4.69) is 50.3 Å². The molecule has 0 fully saturated rings. The molecule has 0 aromatic heterocycles. The Morgan fingerprint density at radius 2 is 0.803 bits per heavy atom. The monoisotopic (exact) mass is 1020 g/mol. The van der Waals surface area contributed by atoms with Gasteiger partial charge in [0.15, 0.2) is 6.10 Å². The zero-order chi connectivity index (χ0) is 52.0. The largest absolute Gasteiger partial charge is 0.756 e. The number of carbonyl (C=O) groups is 2. The normalized spacial score (nSPS) is 13.5. The van der Waals surface area contributed by atoms with Gasteiger partial charge in [0.2, 0.25) is 0 Å². The molecule has 10 heteroatoms. The number of phosphoric acid groups is 1. The number of quaternary nitrogens is 1. The molecule has 0 spiro atoms. The molecule has 2 atom stereocenters. The van der Waals surface area contributed by atoms with Gasteiger partial charge in [-0.3, -0.25) is 14.2 Å². The minimum atomic E-state index is -4.64. The van der Waals surface area contributed by atoms with Crippen LogP contribution in [0.1, 0.15) is 290 Å². The third-order valence-electron chi connectivity index (χ3n) is 13.4. The van der Waals surface area contributed by atoms with Crippen LogP contribution >= 0.6 is 7.82 Å². The number of likely N-dealkylation sites (N-methyl/N-ethyl adjacent to an activating group) is 1. The molecule has 0 amide bonds. The Hall–Kier alpha value is -1.77. The number of allylic oxidation sites excluding steroid dienone is 6. The summed E-state index contributed by atoms with van der Waals surface area (Å²) in [6, 6.07) is 0. The Morgan fingerprint density at radius 3 is 1.20 bits per heavy atom. The molecule has 0 N–H and O–H groups in total. The van der Waals surface area contributed by atoms with Gasteiger partial charge in [0.05, 0.1) is 27.7 Å². The van der Waals surface area contributed by atoms with Crippen LogP contribution in [0.5, 0.6) is 0 Å². The molecule has 71 heavy (non-hydrogen) atoms. The van der Waals surface area contributed by atoms with Gasteiger partial charge in [-0.2, -0.15) is 0 Å². The third-order valence-corrected chi connectivity index (χ3v) is 14.4. The molecular formula is C61H116NO8P. The van der Waals surface area contributed by atoms with E-state index in [0.29, 0.717) is 17.4 Å². The summed E-state index contributed by atoms with van der Waals surface area (Å²) >= 11 is 0. The van der Waals surface area contributed by atoms with Gasteiger partial charge in [-0.25, -0.2) is 0 Å². The van der Waals surface area contributed by atoms with Gasteiger partial charge < -0.3 is 27.9 Å². The van der Waals surface area contributed by atoms with E-state index in [1.807, 2.05) is 21.1 Å². The second-order valence-electron chi connectivity index (χ2n) is 21.7. The number of unbranched alkanes of at least 4 members (excludes halogenated alkanes) is 36. The summed E-state index contributed by atoms with van der Waals surface area (Å²) in [5.74, 6) is -0.832. The second kappa shape index (κ2) is 53.1. The number of phosphoric ester groups is 1. The fourth-order valence-corrected chi connectivity index (χ4v) is 9.52. The number of hydrogen-bond donors (Lipinski definition) is 0. The van der Waals surface area contributed by atoms with Crippen LogP contribution in [0.2, 0.25) is 0 Å². The summed E-state index contributed by atoms with van der Waals surface area (Å²) < 4.78 is 34.1. The van der Waals surface area contributed by atoms with E-state index in [1.54, 1.807) is 0 Å². The first-order valence-electron chi connectivity index (χ1n) is 30.2. The highest BCUT2D eigenvalue weighted by atomic mass is 31.2. The summed E-state index contributed by atoms with van der Waals surface area (Å²) in [4.78, 5) is 37.8. The Balaban J connectivity index is 4.02. The van der Waals surface area contributed by atoms with E-state index in [-0.39, 0.29) is 32.0 Å². The number of nitrogens with zero attached hydrogens (tertiary/aromatic N) is 1. The number of rotatable bonds is 56. The summed E-state index contributed by atoms with van der Waals surface area (Å²) in [6.07, 6.45) is 65.0. The van der Waals surface area contributed by atoms with E-state index in [9.17, 15) is 19.0 Å². The lowest BCUT2D eigenvalue weighted by atomic mass is 10.0. The van der Waals surface area contributed by atoms with Crippen molar-refractivity contribution in [1.29, 1.82) is 0 Å². The van der Waals surface area contributed by atoms with E-state index < -0.39 is 26.5 Å². The maximum absolute atomic E-state index is 12.8. The van der Waals surface area contributed by atoms with E-state index >= 15 is 0 Å². The molecule has 0 rings (SSSR count). The minimum absolute atomic E-state index is 0.0318. The van der Waals surface area contributed by atoms with Crippen molar-refractivity contribution in [2.45, 2.75) is 296 Å². The highest BCUT2D eigenvalue weighted by molar-refractivity contribution is 7.45. The number of ether oxygens (including phenoxy) is 2. The van der Waals surface area contributed by atoms with Crippen LogP contribution in [0.3, 0.4) is 0 Å². The predicted molar refractivity (Wildman–Crippen MR) is 301 cm³/mol. The summed E-state index contributed by atoms with van der Waals surface area (Å²) in [5, 5.41) is 0. The summed E-state index contributed by atoms with van der Waals surface area (Å²) in [7, 11) is 1.17. The van der Waals surface area contributed by atoms with Crippen molar-refractivity contribution < 1.29 is 42.1 Å². The Bertz CT molecular complexity index is 1300. The molecule has 0 aliphatic carbocycles. The zero-order valence-corrected chi connectivity index (χ0v) is 48.3. The average molecular weight is 1020 g/mol. The Morgan fingerprint density at radius 1 is 0.451 bits per heavy atom. The zero-order valence-electron chi connectivity index (χ0n) is 47.4. The van der Waals surface area contributed by atoms with Gasteiger partial charge in [-0.1, -0.05) is 269 Å². The molecule has 0 aromatic carbocycles. The first-order chi connectivity index (χ1) is 34.5. The molecule has 0 aromatic rings. The standard InChI is InChI=1S/C61H116NO8P/c1-6-8-10-12-14-16-18-20-22-24-25-26-27-28-29-30-31-32-33-34-35-36-38-39-41-43-45-47-49-51-53-60(63)67-57-59(58-69-71(65,66)68-56-55-62(3,4)5)70-61(64)54-52-50-48-46-44-42-40-37-23-21-19-17-15-13-11-9-7-2/h9,11,15,17,21,23,59H,6-8,10,12-14,16,18-20,22,24-58H2,1-5H3/b11-9-,17-15-,23-21-. The molecule has 0 radical (unpaired) electrons. The van der Waals surface area contributed by atoms with Crippen LogP contribution in [-0.2, 0) is 32.7 Å². The predicted octanol–water partition coefficient (Wildman–Crippen LogP) is 18.1. The van der Waals surface area contributed by atoms with Gasteiger partial charge >= 0.3 is 11.9 Å².